The topological polar surface area (TPSA) is 80.3 Å². The molecule has 3 heterocycles. The summed E-state index contributed by atoms with van der Waals surface area (Å²) in [6, 6.07) is 5.24. The SMILES string of the molecule is CN1C(=O)COC(C(=O)NCC2(CN3CCOCC3)CCOCC2)C1c1ccc(F)cc1. The third-order valence-corrected chi connectivity index (χ3v) is 6.81. The van der Waals surface area contributed by atoms with Crippen molar-refractivity contribution in [3.63, 3.8) is 0 Å². The first-order valence-corrected chi connectivity index (χ1v) is 11.3. The van der Waals surface area contributed by atoms with Crippen LogP contribution >= 0.6 is 0 Å². The lowest BCUT2D eigenvalue weighted by atomic mass is 9.79. The Morgan fingerprint density at radius 1 is 1.12 bits per heavy atom. The number of carbonyl (C=O) groups excluding carboxylic acids is 2. The van der Waals surface area contributed by atoms with Gasteiger partial charge in [-0.3, -0.25) is 14.5 Å². The summed E-state index contributed by atoms with van der Waals surface area (Å²) in [5, 5.41) is 3.11. The van der Waals surface area contributed by atoms with Crippen molar-refractivity contribution in [3.8, 4) is 0 Å². The number of carbonyl (C=O) groups is 2. The highest BCUT2D eigenvalue weighted by Gasteiger charge is 2.41. The number of halogens is 1. The van der Waals surface area contributed by atoms with E-state index in [1.165, 1.54) is 17.0 Å². The standard InChI is InChI=1S/C23H32FN3O5/c1-26-19(28)14-32-21(20(26)17-2-4-18(24)5-3-17)22(29)25-15-23(6-10-30-11-7-23)16-27-8-12-31-13-9-27/h2-5,20-21H,6-16H2,1H3,(H,25,29). The fourth-order valence-corrected chi connectivity index (χ4v) is 4.79. The number of ether oxygens (including phenoxy) is 3. The molecular formula is C23H32FN3O5. The van der Waals surface area contributed by atoms with Crippen LogP contribution in [0.5, 0.6) is 0 Å². The number of morpholine rings is 2. The van der Waals surface area contributed by atoms with Gasteiger partial charge in [0.15, 0.2) is 6.10 Å². The van der Waals surface area contributed by atoms with Crippen molar-refractivity contribution in [1.82, 2.24) is 15.1 Å². The third-order valence-electron chi connectivity index (χ3n) is 6.81. The molecule has 3 fully saturated rings. The lowest BCUT2D eigenvalue weighted by molar-refractivity contribution is -0.162. The number of nitrogens with one attached hydrogen (secondary N) is 1. The van der Waals surface area contributed by atoms with Gasteiger partial charge in [-0.2, -0.15) is 0 Å². The van der Waals surface area contributed by atoms with E-state index in [0.717, 1.165) is 45.7 Å². The van der Waals surface area contributed by atoms with Crippen molar-refractivity contribution in [3.05, 3.63) is 35.6 Å². The molecule has 4 rings (SSSR count). The minimum atomic E-state index is -0.858. The molecule has 2 unspecified atom stereocenters. The Hall–Kier alpha value is -2.07. The molecule has 32 heavy (non-hydrogen) atoms. The zero-order valence-corrected chi connectivity index (χ0v) is 18.6. The number of amides is 2. The first-order valence-electron chi connectivity index (χ1n) is 11.3. The maximum absolute atomic E-state index is 13.4. The molecule has 3 saturated heterocycles. The average Bonchev–Trinajstić information content (AvgIpc) is 2.81. The van der Waals surface area contributed by atoms with Gasteiger partial charge in [-0.1, -0.05) is 12.1 Å². The van der Waals surface area contributed by atoms with Gasteiger partial charge in [-0.25, -0.2) is 4.39 Å². The summed E-state index contributed by atoms with van der Waals surface area (Å²) in [6.45, 7) is 5.84. The first-order chi connectivity index (χ1) is 15.5. The molecule has 2 atom stereocenters. The van der Waals surface area contributed by atoms with Crippen LogP contribution in [0, 0.1) is 11.2 Å². The summed E-state index contributed by atoms with van der Waals surface area (Å²) in [5.74, 6) is -0.840. The van der Waals surface area contributed by atoms with Crippen LogP contribution in [0.2, 0.25) is 0 Å². The van der Waals surface area contributed by atoms with Crippen LogP contribution in [0.25, 0.3) is 0 Å². The van der Waals surface area contributed by atoms with E-state index in [-0.39, 0.29) is 29.7 Å². The van der Waals surface area contributed by atoms with Crippen molar-refractivity contribution in [2.75, 3.05) is 66.3 Å². The first kappa shape index (κ1) is 23.1. The molecule has 1 aromatic rings. The number of nitrogens with zero attached hydrogens (tertiary/aromatic N) is 2. The molecule has 0 aromatic heterocycles. The van der Waals surface area contributed by atoms with E-state index in [0.29, 0.717) is 25.3 Å². The fourth-order valence-electron chi connectivity index (χ4n) is 4.79. The van der Waals surface area contributed by atoms with Gasteiger partial charge < -0.3 is 24.4 Å². The van der Waals surface area contributed by atoms with Crippen LogP contribution in [0.3, 0.4) is 0 Å². The van der Waals surface area contributed by atoms with E-state index >= 15 is 0 Å². The Bertz CT molecular complexity index is 793. The Morgan fingerprint density at radius 3 is 2.47 bits per heavy atom. The van der Waals surface area contributed by atoms with E-state index in [1.807, 2.05) is 0 Å². The largest absolute Gasteiger partial charge is 0.381 e. The van der Waals surface area contributed by atoms with Crippen LogP contribution in [0.4, 0.5) is 4.39 Å². The van der Waals surface area contributed by atoms with Crippen LogP contribution in [-0.2, 0) is 23.8 Å². The predicted molar refractivity (Wildman–Crippen MR) is 114 cm³/mol. The molecule has 0 radical (unpaired) electrons. The number of likely N-dealkylation sites (N-methyl/N-ethyl adjacent to an activating group) is 1. The van der Waals surface area contributed by atoms with Crippen molar-refractivity contribution in [2.24, 2.45) is 5.41 Å². The predicted octanol–water partition coefficient (Wildman–Crippen LogP) is 0.969. The van der Waals surface area contributed by atoms with Crippen LogP contribution in [0.1, 0.15) is 24.4 Å². The van der Waals surface area contributed by atoms with E-state index in [4.69, 9.17) is 14.2 Å². The highest BCUT2D eigenvalue weighted by atomic mass is 19.1. The Labute approximate surface area is 188 Å². The molecule has 8 nitrogen and oxygen atoms in total. The molecule has 0 aliphatic carbocycles. The summed E-state index contributed by atoms with van der Waals surface area (Å²) in [6.07, 6.45) is 0.884. The monoisotopic (exact) mass is 449 g/mol. The second-order valence-corrected chi connectivity index (χ2v) is 8.95. The molecule has 0 spiro atoms. The summed E-state index contributed by atoms with van der Waals surface area (Å²) >= 11 is 0. The van der Waals surface area contributed by atoms with E-state index < -0.39 is 12.1 Å². The lowest BCUT2D eigenvalue weighted by Crippen LogP contribution is -2.56. The maximum Gasteiger partial charge on any atom is 0.251 e. The molecule has 9 heteroatoms. The smallest absolute Gasteiger partial charge is 0.251 e. The number of hydrogen-bond donors (Lipinski definition) is 1. The normalized spacial score (nSPS) is 26.7. The minimum absolute atomic E-state index is 0.0764. The highest BCUT2D eigenvalue weighted by Crippen LogP contribution is 2.33. The lowest BCUT2D eigenvalue weighted by Gasteiger charge is -2.43. The Morgan fingerprint density at radius 2 is 1.78 bits per heavy atom. The van der Waals surface area contributed by atoms with Gasteiger partial charge in [0.1, 0.15) is 12.4 Å². The average molecular weight is 450 g/mol. The van der Waals surface area contributed by atoms with E-state index in [2.05, 4.69) is 10.2 Å². The highest BCUT2D eigenvalue weighted by molar-refractivity contribution is 5.86. The van der Waals surface area contributed by atoms with Crippen molar-refractivity contribution in [2.45, 2.75) is 25.0 Å². The molecule has 0 bridgehead atoms. The number of hydrogen-bond acceptors (Lipinski definition) is 6. The summed E-state index contributed by atoms with van der Waals surface area (Å²) in [5.41, 5.74) is 0.587. The van der Waals surface area contributed by atoms with Crippen molar-refractivity contribution in [1.29, 1.82) is 0 Å². The quantitative estimate of drug-likeness (QED) is 0.697. The van der Waals surface area contributed by atoms with Gasteiger partial charge in [0.25, 0.3) is 5.91 Å². The fraction of sp³-hybridized carbons (Fsp3) is 0.652. The maximum atomic E-state index is 13.4. The van der Waals surface area contributed by atoms with Crippen LogP contribution in [-0.4, -0.2) is 94.0 Å². The molecule has 0 saturated carbocycles. The van der Waals surface area contributed by atoms with Gasteiger partial charge in [-0.15, -0.1) is 0 Å². The molecule has 1 aromatic carbocycles. The molecular weight excluding hydrogens is 417 g/mol. The van der Waals surface area contributed by atoms with Crippen molar-refractivity contribution >= 4 is 11.8 Å². The summed E-state index contributed by atoms with van der Waals surface area (Å²) in [4.78, 5) is 29.4. The second-order valence-electron chi connectivity index (χ2n) is 8.95. The third kappa shape index (κ3) is 5.28. The molecule has 3 aliphatic heterocycles. The van der Waals surface area contributed by atoms with Crippen LogP contribution in [0.15, 0.2) is 24.3 Å². The number of benzene rings is 1. The molecule has 1 N–H and O–H groups in total. The van der Waals surface area contributed by atoms with Gasteiger partial charge >= 0.3 is 0 Å². The van der Waals surface area contributed by atoms with Gasteiger partial charge in [0.05, 0.1) is 19.3 Å². The summed E-state index contributed by atoms with van der Waals surface area (Å²) < 4.78 is 30.2. The number of rotatable bonds is 6. The van der Waals surface area contributed by atoms with E-state index in [9.17, 15) is 14.0 Å². The van der Waals surface area contributed by atoms with Crippen molar-refractivity contribution < 1.29 is 28.2 Å². The van der Waals surface area contributed by atoms with Gasteiger partial charge in [0, 0.05) is 51.9 Å². The summed E-state index contributed by atoms with van der Waals surface area (Å²) in [7, 11) is 1.65. The van der Waals surface area contributed by atoms with Gasteiger partial charge in [0.2, 0.25) is 5.91 Å². The second kappa shape index (κ2) is 10.2. The zero-order valence-electron chi connectivity index (χ0n) is 18.6. The van der Waals surface area contributed by atoms with E-state index in [1.54, 1.807) is 19.2 Å². The minimum Gasteiger partial charge on any atom is -0.381 e. The molecule has 2 amide bonds. The molecule has 176 valence electrons. The zero-order chi connectivity index (χ0) is 22.6. The van der Waals surface area contributed by atoms with Gasteiger partial charge in [-0.05, 0) is 30.5 Å². The molecule has 3 aliphatic rings. The Kier molecular flexibility index (Phi) is 7.40. The van der Waals surface area contributed by atoms with Crippen LogP contribution < -0.4 is 5.32 Å². The Balaban J connectivity index is 1.46.